The van der Waals surface area contributed by atoms with Crippen LogP contribution in [0, 0.1) is 0 Å². The Labute approximate surface area is 101 Å². The van der Waals surface area contributed by atoms with E-state index >= 15 is 0 Å². The van der Waals surface area contributed by atoms with Gasteiger partial charge in [0.25, 0.3) is 0 Å². The highest BCUT2D eigenvalue weighted by Gasteiger charge is 2.23. The second kappa shape index (κ2) is 6.63. The van der Waals surface area contributed by atoms with E-state index in [0.717, 1.165) is 11.9 Å². The van der Waals surface area contributed by atoms with Crippen molar-refractivity contribution in [2.24, 2.45) is 0 Å². The monoisotopic (exact) mass is 232 g/mol. The molecule has 0 saturated carbocycles. The molecule has 0 amide bonds. The number of allylic oxidation sites excluding steroid dienone is 3. The van der Waals surface area contributed by atoms with E-state index in [1.54, 1.807) is 12.2 Å². The third-order valence-electron chi connectivity index (χ3n) is 2.34. The molecule has 0 fully saturated rings. The molecule has 0 bridgehead atoms. The lowest BCUT2D eigenvalue weighted by atomic mass is 10.0. The van der Waals surface area contributed by atoms with Gasteiger partial charge in [-0.3, -0.25) is 0 Å². The van der Waals surface area contributed by atoms with Crippen LogP contribution in [0.2, 0.25) is 0 Å². The van der Waals surface area contributed by atoms with Crippen LogP contribution in [0.4, 0.5) is 0 Å². The Morgan fingerprint density at radius 1 is 1.47 bits per heavy atom. The summed E-state index contributed by atoms with van der Waals surface area (Å²) in [7, 11) is 0. The van der Waals surface area contributed by atoms with Crippen LogP contribution in [0.1, 0.15) is 19.8 Å². The maximum Gasteiger partial charge on any atom is 0.334 e. The highest BCUT2D eigenvalue weighted by atomic mass is 16.5. The Kier molecular flexibility index (Phi) is 5.14. The fourth-order valence-corrected chi connectivity index (χ4v) is 1.46. The second-order valence-corrected chi connectivity index (χ2v) is 3.69. The van der Waals surface area contributed by atoms with Crippen molar-refractivity contribution in [2.75, 3.05) is 0 Å². The Bertz CT molecular complexity index is 400. The number of esters is 1. The smallest absolute Gasteiger partial charge is 0.334 e. The first-order chi connectivity index (χ1) is 8.19. The molecule has 0 radical (unpaired) electrons. The maximum atomic E-state index is 11.6. The Morgan fingerprint density at radius 2 is 2.24 bits per heavy atom. The van der Waals surface area contributed by atoms with E-state index in [0.29, 0.717) is 18.4 Å². The summed E-state index contributed by atoms with van der Waals surface area (Å²) >= 11 is 0. The third-order valence-corrected chi connectivity index (χ3v) is 2.34. The first-order valence-electron chi connectivity index (χ1n) is 5.52. The van der Waals surface area contributed by atoms with Crippen LogP contribution in [0.15, 0.2) is 48.1 Å². The largest absolute Gasteiger partial charge is 0.450 e. The molecule has 1 aliphatic heterocycles. The van der Waals surface area contributed by atoms with Crippen LogP contribution >= 0.6 is 0 Å². The van der Waals surface area contributed by atoms with Gasteiger partial charge in [-0.05, 0) is 31.1 Å². The van der Waals surface area contributed by atoms with Crippen molar-refractivity contribution in [3.63, 3.8) is 0 Å². The number of ether oxygens (including phenoxy) is 1. The lowest BCUT2D eigenvalue weighted by Crippen LogP contribution is -2.23. The highest BCUT2D eigenvalue weighted by molar-refractivity contribution is 5.91. The molecule has 1 atom stereocenters. The van der Waals surface area contributed by atoms with Gasteiger partial charge in [-0.25, -0.2) is 4.79 Å². The third kappa shape index (κ3) is 3.87. The number of cyclic esters (lactones) is 1. The summed E-state index contributed by atoms with van der Waals surface area (Å²) in [5, 5.41) is 0. The van der Waals surface area contributed by atoms with Gasteiger partial charge in [-0.1, -0.05) is 24.8 Å². The number of rotatable bonds is 5. The van der Waals surface area contributed by atoms with E-state index in [1.165, 1.54) is 0 Å². The van der Waals surface area contributed by atoms with E-state index in [2.05, 4.69) is 6.58 Å². The SMILES string of the molecule is C=C1C=C(CCC=O)C(=O)OC1/C=C/C=C/C. The summed E-state index contributed by atoms with van der Waals surface area (Å²) in [5.74, 6) is -0.366. The lowest BCUT2D eigenvalue weighted by molar-refractivity contribution is -0.141. The molecule has 1 unspecified atom stereocenters. The van der Waals surface area contributed by atoms with Crippen molar-refractivity contribution in [2.45, 2.75) is 25.9 Å². The van der Waals surface area contributed by atoms with Gasteiger partial charge in [0.1, 0.15) is 12.4 Å². The highest BCUT2D eigenvalue weighted by Crippen LogP contribution is 2.21. The lowest BCUT2D eigenvalue weighted by Gasteiger charge is -2.21. The predicted octanol–water partition coefficient (Wildman–Crippen LogP) is 2.51. The van der Waals surface area contributed by atoms with Crippen LogP contribution in [-0.4, -0.2) is 18.4 Å². The van der Waals surface area contributed by atoms with Crippen LogP contribution in [-0.2, 0) is 14.3 Å². The number of carbonyl (C=O) groups is 2. The Morgan fingerprint density at radius 3 is 2.88 bits per heavy atom. The molecule has 0 N–H and O–H groups in total. The first-order valence-corrected chi connectivity index (χ1v) is 5.52. The van der Waals surface area contributed by atoms with Crippen molar-refractivity contribution in [1.29, 1.82) is 0 Å². The minimum absolute atomic E-state index is 0.327. The van der Waals surface area contributed by atoms with Gasteiger partial charge in [-0.2, -0.15) is 0 Å². The summed E-state index contributed by atoms with van der Waals surface area (Å²) in [4.78, 5) is 21.8. The second-order valence-electron chi connectivity index (χ2n) is 3.69. The molecule has 0 aromatic rings. The average molecular weight is 232 g/mol. The van der Waals surface area contributed by atoms with Crippen LogP contribution in [0.25, 0.3) is 0 Å². The average Bonchev–Trinajstić information content (AvgIpc) is 2.31. The van der Waals surface area contributed by atoms with E-state index in [1.807, 2.05) is 25.2 Å². The van der Waals surface area contributed by atoms with E-state index in [4.69, 9.17) is 4.74 Å². The molecule has 3 nitrogen and oxygen atoms in total. The standard InChI is InChI=1S/C14H16O3/c1-3-4-5-8-13-11(2)10-12(7-6-9-15)14(16)17-13/h3-5,8-10,13H,2,6-7H2,1H3/b4-3+,8-5+. The number of hydrogen-bond acceptors (Lipinski definition) is 3. The summed E-state index contributed by atoms with van der Waals surface area (Å²) < 4.78 is 5.21. The van der Waals surface area contributed by atoms with Crippen LogP contribution in [0.3, 0.4) is 0 Å². The first kappa shape index (κ1) is 13.2. The van der Waals surface area contributed by atoms with Gasteiger partial charge in [0, 0.05) is 12.0 Å². The normalized spacial score (nSPS) is 20.8. The number of aldehydes is 1. The fourth-order valence-electron chi connectivity index (χ4n) is 1.46. The quantitative estimate of drug-likeness (QED) is 0.415. The maximum absolute atomic E-state index is 11.6. The van der Waals surface area contributed by atoms with E-state index < -0.39 is 6.10 Å². The van der Waals surface area contributed by atoms with Gasteiger partial charge in [0.15, 0.2) is 0 Å². The van der Waals surface area contributed by atoms with Crippen molar-refractivity contribution in [3.05, 3.63) is 48.1 Å². The molecule has 0 spiro atoms. The molecule has 1 aliphatic rings. The minimum Gasteiger partial charge on any atom is -0.450 e. The fraction of sp³-hybridized carbons (Fsp3) is 0.286. The molecular weight excluding hydrogens is 216 g/mol. The predicted molar refractivity (Wildman–Crippen MR) is 66.4 cm³/mol. The topological polar surface area (TPSA) is 43.4 Å². The molecular formula is C14H16O3. The molecule has 0 aromatic carbocycles. The molecule has 1 rings (SSSR count). The molecule has 0 aliphatic carbocycles. The van der Waals surface area contributed by atoms with Crippen molar-refractivity contribution in [1.82, 2.24) is 0 Å². The van der Waals surface area contributed by atoms with Gasteiger partial charge in [0.2, 0.25) is 0 Å². The summed E-state index contributed by atoms with van der Waals surface area (Å²) in [5.41, 5.74) is 1.24. The van der Waals surface area contributed by atoms with Gasteiger partial charge in [0.05, 0.1) is 0 Å². The van der Waals surface area contributed by atoms with Gasteiger partial charge in [-0.15, -0.1) is 0 Å². The molecule has 0 saturated heterocycles. The Hall–Kier alpha value is -1.90. The zero-order chi connectivity index (χ0) is 12.7. The van der Waals surface area contributed by atoms with E-state index in [9.17, 15) is 9.59 Å². The molecule has 1 heterocycles. The van der Waals surface area contributed by atoms with Crippen LogP contribution in [0.5, 0.6) is 0 Å². The molecule has 90 valence electrons. The van der Waals surface area contributed by atoms with Crippen molar-refractivity contribution < 1.29 is 14.3 Å². The van der Waals surface area contributed by atoms with E-state index in [-0.39, 0.29) is 5.97 Å². The van der Waals surface area contributed by atoms with Gasteiger partial charge >= 0.3 is 5.97 Å². The number of carbonyl (C=O) groups excluding carboxylic acids is 2. The Balaban J connectivity index is 2.72. The molecule has 3 heteroatoms. The number of hydrogen-bond donors (Lipinski definition) is 0. The molecule has 0 aromatic heterocycles. The zero-order valence-electron chi connectivity index (χ0n) is 9.89. The van der Waals surface area contributed by atoms with Gasteiger partial charge < -0.3 is 9.53 Å². The zero-order valence-corrected chi connectivity index (χ0v) is 9.89. The summed E-state index contributed by atoms with van der Waals surface area (Å²) in [6.45, 7) is 5.76. The minimum atomic E-state index is -0.404. The van der Waals surface area contributed by atoms with Crippen LogP contribution < -0.4 is 0 Å². The van der Waals surface area contributed by atoms with Crippen molar-refractivity contribution in [3.8, 4) is 0 Å². The molecule has 17 heavy (non-hydrogen) atoms. The summed E-state index contributed by atoms with van der Waals surface area (Å²) in [6.07, 6.45) is 10.1. The summed E-state index contributed by atoms with van der Waals surface area (Å²) in [6, 6.07) is 0. The van der Waals surface area contributed by atoms with Crippen molar-refractivity contribution >= 4 is 12.3 Å².